The number of hydrazone groups is 1. The van der Waals surface area contributed by atoms with Gasteiger partial charge in [0.1, 0.15) is 11.4 Å². The molecule has 1 aromatic carbocycles. The van der Waals surface area contributed by atoms with Crippen molar-refractivity contribution < 1.29 is 40.6 Å². The minimum Gasteiger partial charge on any atom is -0.443 e. The van der Waals surface area contributed by atoms with Gasteiger partial charge in [-0.3, -0.25) is 0 Å². The van der Waals surface area contributed by atoms with Crippen LogP contribution in [0.15, 0.2) is 29.4 Å². The molecule has 0 bridgehead atoms. The number of amides is 1. The molecule has 0 fully saturated rings. The van der Waals surface area contributed by atoms with Crippen LogP contribution in [0, 0.1) is 0 Å². The summed E-state index contributed by atoms with van der Waals surface area (Å²) in [5.41, 5.74) is 1.62. The summed E-state index contributed by atoms with van der Waals surface area (Å²) in [5.74, 6) is -0.681. The number of alkyl halides is 6. The molecule has 5 nitrogen and oxygen atoms in total. The Morgan fingerprint density at radius 2 is 1.65 bits per heavy atom. The monoisotopic (exact) mass is 386 g/mol. The van der Waals surface area contributed by atoms with Gasteiger partial charge in [0.25, 0.3) is 6.17 Å². The quantitative estimate of drug-likeness (QED) is 0.463. The van der Waals surface area contributed by atoms with Gasteiger partial charge < -0.3 is 9.47 Å². The second kappa shape index (κ2) is 7.83. The van der Waals surface area contributed by atoms with Gasteiger partial charge in [-0.05, 0) is 50.6 Å². The average Bonchev–Trinajstić information content (AvgIpc) is 2.45. The van der Waals surface area contributed by atoms with E-state index in [1.165, 1.54) is 0 Å². The van der Waals surface area contributed by atoms with Gasteiger partial charge in [0.05, 0.1) is 6.21 Å². The van der Waals surface area contributed by atoms with E-state index in [4.69, 9.17) is 4.74 Å². The van der Waals surface area contributed by atoms with Crippen molar-refractivity contribution in [1.29, 1.82) is 0 Å². The van der Waals surface area contributed by atoms with Crippen molar-refractivity contribution in [3.8, 4) is 5.75 Å². The Hall–Kier alpha value is -2.46. The van der Waals surface area contributed by atoms with E-state index >= 15 is 0 Å². The third-order valence-corrected chi connectivity index (χ3v) is 2.48. The van der Waals surface area contributed by atoms with Gasteiger partial charge in [-0.15, -0.1) is 0 Å². The summed E-state index contributed by atoms with van der Waals surface area (Å²) in [4.78, 5) is 11.3. The molecule has 0 aliphatic rings. The molecule has 0 spiro atoms. The molecule has 0 aliphatic carbocycles. The van der Waals surface area contributed by atoms with Crippen molar-refractivity contribution in [1.82, 2.24) is 5.43 Å². The summed E-state index contributed by atoms with van der Waals surface area (Å²) in [5, 5.41) is 3.54. The van der Waals surface area contributed by atoms with Gasteiger partial charge in [-0.2, -0.15) is 27.1 Å². The van der Waals surface area contributed by atoms with Gasteiger partial charge in [0.2, 0.25) is 0 Å². The van der Waals surface area contributed by atoms with Crippen molar-refractivity contribution in [2.45, 2.75) is 44.8 Å². The van der Waals surface area contributed by atoms with Gasteiger partial charge in [0, 0.05) is 0 Å². The number of nitrogens with one attached hydrogen (secondary N) is 1. The molecule has 0 unspecified atom stereocenters. The minimum absolute atomic E-state index is 0.296. The molecule has 0 heterocycles. The molecule has 1 atom stereocenters. The molecule has 1 N–H and O–H groups in total. The Bertz CT molecular complexity index is 638. The minimum atomic E-state index is -5.76. The summed E-state index contributed by atoms with van der Waals surface area (Å²) >= 11 is 0. The second-order valence-corrected chi connectivity index (χ2v) is 6.01. The van der Waals surface area contributed by atoms with Gasteiger partial charge in [0.15, 0.2) is 0 Å². The molecule has 1 aromatic rings. The predicted octanol–water partition coefficient (Wildman–Crippen LogP) is 4.42. The van der Waals surface area contributed by atoms with E-state index < -0.39 is 35.9 Å². The molecule has 0 aromatic heterocycles. The summed E-state index contributed by atoms with van der Waals surface area (Å²) in [6.45, 7) is 4.93. The van der Waals surface area contributed by atoms with Crippen molar-refractivity contribution in [2.75, 3.05) is 0 Å². The molecular formula is C15H16F6N2O3. The van der Waals surface area contributed by atoms with Crippen LogP contribution in [0.1, 0.15) is 26.3 Å². The number of carbonyl (C=O) groups is 1. The molecule has 0 radical (unpaired) electrons. The van der Waals surface area contributed by atoms with E-state index in [9.17, 15) is 31.1 Å². The molecule has 1 rings (SSSR count). The highest BCUT2D eigenvalue weighted by molar-refractivity contribution is 5.81. The normalized spacial score (nSPS) is 14.2. The zero-order valence-electron chi connectivity index (χ0n) is 13.9. The predicted molar refractivity (Wildman–Crippen MR) is 79.9 cm³/mol. The van der Waals surface area contributed by atoms with Gasteiger partial charge in [-0.1, -0.05) is 0 Å². The number of hydrogen-bond acceptors (Lipinski definition) is 4. The molecule has 11 heteroatoms. The zero-order valence-corrected chi connectivity index (χ0v) is 13.9. The first kappa shape index (κ1) is 21.6. The van der Waals surface area contributed by atoms with Crippen molar-refractivity contribution >= 4 is 12.3 Å². The van der Waals surface area contributed by atoms with Crippen molar-refractivity contribution in [3.05, 3.63) is 29.8 Å². The van der Waals surface area contributed by atoms with E-state index in [1.54, 1.807) is 20.8 Å². The van der Waals surface area contributed by atoms with E-state index in [0.29, 0.717) is 5.56 Å². The van der Waals surface area contributed by atoms with Crippen LogP contribution in [-0.2, 0) is 4.74 Å². The lowest BCUT2D eigenvalue weighted by molar-refractivity contribution is -0.304. The lowest BCUT2D eigenvalue weighted by Crippen LogP contribution is -2.45. The number of rotatable bonds is 5. The SMILES string of the molecule is CC(C)(C)OC(=O)N/N=C\c1ccc(OC(F)(F)[C@@H](F)C(F)(F)F)cc1. The Labute approximate surface area is 145 Å². The lowest BCUT2D eigenvalue weighted by atomic mass is 10.2. The average molecular weight is 386 g/mol. The lowest BCUT2D eigenvalue weighted by Gasteiger charge is -2.23. The van der Waals surface area contributed by atoms with Crippen LogP contribution >= 0.6 is 0 Å². The molecule has 26 heavy (non-hydrogen) atoms. The molecule has 0 aliphatic heterocycles. The van der Waals surface area contributed by atoms with Gasteiger partial charge in [-0.25, -0.2) is 14.6 Å². The number of carbonyl (C=O) groups excluding carboxylic acids is 1. The maximum atomic E-state index is 13.1. The fraction of sp³-hybridized carbons (Fsp3) is 0.467. The Morgan fingerprint density at radius 3 is 2.12 bits per heavy atom. The maximum absolute atomic E-state index is 13.1. The first-order valence-electron chi connectivity index (χ1n) is 7.10. The molecule has 1 amide bonds. The number of ether oxygens (including phenoxy) is 2. The van der Waals surface area contributed by atoms with E-state index in [0.717, 1.165) is 30.5 Å². The number of benzene rings is 1. The number of halogens is 6. The number of hydrogen-bond donors (Lipinski definition) is 1. The Balaban J connectivity index is 2.66. The van der Waals surface area contributed by atoms with E-state index in [1.807, 2.05) is 0 Å². The third-order valence-electron chi connectivity index (χ3n) is 2.48. The summed E-state index contributed by atoms with van der Waals surface area (Å²) < 4.78 is 83.7. The number of nitrogens with zero attached hydrogens (tertiary/aromatic N) is 1. The topological polar surface area (TPSA) is 59.9 Å². The van der Waals surface area contributed by atoms with Crippen LogP contribution in [-0.4, -0.2) is 36.4 Å². The first-order chi connectivity index (χ1) is 11.7. The Kier molecular flexibility index (Phi) is 6.50. The van der Waals surface area contributed by atoms with Crippen molar-refractivity contribution in [2.24, 2.45) is 5.10 Å². The fourth-order valence-electron chi connectivity index (χ4n) is 1.48. The van der Waals surface area contributed by atoms with Crippen LogP contribution in [0.3, 0.4) is 0 Å². The summed E-state index contributed by atoms with van der Waals surface area (Å²) in [7, 11) is 0. The molecule has 0 saturated carbocycles. The van der Waals surface area contributed by atoms with Crippen LogP contribution < -0.4 is 10.2 Å². The zero-order chi connectivity index (χ0) is 20.2. The largest absolute Gasteiger partial charge is 0.443 e. The second-order valence-electron chi connectivity index (χ2n) is 6.01. The van der Waals surface area contributed by atoms with Crippen molar-refractivity contribution in [3.63, 3.8) is 0 Å². The standard InChI is InChI=1S/C15H16F6N2O3/c1-13(2,3)26-12(24)23-22-8-9-4-6-10(7-5-9)25-15(20,21)11(16)14(17,18)19/h4-8,11H,1-3H3,(H,23,24)/b22-8-/t11-/m0/s1. The summed E-state index contributed by atoms with van der Waals surface area (Å²) in [6, 6.07) is 4.11. The molecule has 0 saturated heterocycles. The third kappa shape index (κ3) is 7.19. The maximum Gasteiger partial charge on any atom is 0.439 e. The van der Waals surface area contributed by atoms with Crippen LogP contribution in [0.2, 0.25) is 0 Å². The highest BCUT2D eigenvalue weighted by Crippen LogP contribution is 2.36. The van der Waals surface area contributed by atoms with E-state index in [-0.39, 0.29) is 0 Å². The Morgan fingerprint density at radius 1 is 1.12 bits per heavy atom. The molecular weight excluding hydrogens is 370 g/mol. The van der Waals surface area contributed by atoms with Gasteiger partial charge >= 0.3 is 18.4 Å². The fourth-order valence-corrected chi connectivity index (χ4v) is 1.48. The smallest absolute Gasteiger partial charge is 0.439 e. The summed E-state index contributed by atoms with van der Waals surface area (Å²) in [6.07, 6.45) is -15.0. The van der Waals surface area contributed by atoms with Crippen LogP contribution in [0.5, 0.6) is 5.75 Å². The first-order valence-corrected chi connectivity index (χ1v) is 7.10. The highest BCUT2D eigenvalue weighted by atomic mass is 19.4. The van der Waals surface area contributed by atoms with Crippen LogP contribution in [0.4, 0.5) is 31.1 Å². The highest BCUT2D eigenvalue weighted by Gasteiger charge is 2.59. The van der Waals surface area contributed by atoms with Crippen LogP contribution in [0.25, 0.3) is 0 Å². The molecule has 146 valence electrons. The van der Waals surface area contributed by atoms with E-state index in [2.05, 4.69) is 15.3 Å².